The molecule has 0 radical (unpaired) electrons. The molecular formula is C16H13ClN6O. The molecule has 3 aromatic heterocycles. The Morgan fingerprint density at radius 2 is 1.92 bits per heavy atom. The highest BCUT2D eigenvalue weighted by Gasteiger charge is 2.09. The average Bonchev–Trinajstić information content (AvgIpc) is 2.58. The van der Waals surface area contributed by atoms with Crippen LogP contribution >= 0.6 is 11.6 Å². The van der Waals surface area contributed by atoms with E-state index in [2.05, 4.69) is 19.9 Å². The van der Waals surface area contributed by atoms with Crippen LogP contribution in [-0.4, -0.2) is 20.8 Å². The Bertz CT molecular complexity index is 885. The van der Waals surface area contributed by atoms with Crippen LogP contribution < -0.4 is 16.2 Å². The molecular weight excluding hydrogens is 328 g/mol. The molecule has 0 saturated carbocycles. The van der Waals surface area contributed by atoms with Crippen LogP contribution in [0.1, 0.15) is 5.69 Å². The number of halogens is 1. The first-order valence-electron chi connectivity index (χ1n) is 6.93. The molecule has 0 atom stereocenters. The molecule has 0 saturated heterocycles. The van der Waals surface area contributed by atoms with Gasteiger partial charge in [-0.2, -0.15) is 0 Å². The van der Waals surface area contributed by atoms with Gasteiger partial charge in [0.2, 0.25) is 11.8 Å². The Hall–Kier alpha value is -3.19. The van der Waals surface area contributed by atoms with Crippen molar-refractivity contribution in [1.29, 1.82) is 0 Å². The van der Waals surface area contributed by atoms with Crippen molar-refractivity contribution in [3.63, 3.8) is 0 Å². The maximum Gasteiger partial charge on any atom is 0.240 e. The number of nitrogens with zero attached hydrogens (tertiary/aromatic N) is 4. The summed E-state index contributed by atoms with van der Waals surface area (Å²) < 4.78 is 5.51. The number of nitrogens with two attached hydrogens (primary N) is 2. The minimum absolute atomic E-state index is 0.171. The zero-order valence-corrected chi connectivity index (χ0v) is 13.2. The van der Waals surface area contributed by atoms with E-state index in [4.69, 9.17) is 27.8 Å². The zero-order valence-electron chi connectivity index (χ0n) is 12.4. The molecule has 3 aromatic rings. The van der Waals surface area contributed by atoms with Crippen LogP contribution in [0.2, 0.25) is 5.02 Å². The predicted octanol–water partition coefficient (Wildman–Crippen LogP) is 2.94. The second-order valence-electron chi connectivity index (χ2n) is 4.69. The number of hydrogen-bond acceptors (Lipinski definition) is 6. The fourth-order valence-electron chi connectivity index (χ4n) is 1.88. The molecule has 0 aromatic carbocycles. The maximum absolute atomic E-state index is 6.17. The molecule has 0 aliphatic rings. The van der Waals surface area contributed by atoms with E-state index in [1.807, 2.05) is 0 Å². The van der Waals surface area contributed by atoms with Crippen molar-refractivity contribution in [2.24, 2.45) is 10.7 Å². The summed E-state index contributed by atoms with van der Waals surface area (Å²) in [6.45, 7) is 0. The van der Waals surface area contributed by atoms with Gasteiger partial charge >= 0.3 is 0 Å². The number of anilines is 1. The van der Waals surface area contributed by atoms with Crippen molar-refractivity contribution in [3.05, 3.63) is 65.7 Å². The van der Waals surface area contributed by atoms with E-state index in [0.717, 1.165) is 0 Å². The van der Waals surface area contributed by atoms with Crippen LogP contribution in [-0.2, 0) is 0 Å². The van der Waals surface area contributed by atoms with E-state index < -0.39 is 0 Å². The van der Waals surface area contributed by atoms with E-state index in [9.17, 15) is 0 Å². The van der Waals surface area contributed by atoms with Gasteiger partial charge in [-0.1, -0.05) is 17.7 Å². The van der Waals surface area contributed by atoms with Crippen molar-refractivity contribution >= 4 is 28.8 Å². The fraction of sp³-hybridized carbons (Fsp3) is 0. The van der Waals surface area contributed by atoms with Gasteiger partial charge in [0.25, 0.3) is 0 Å². The SMILES string of the molecule is NC(=Nc1cnc(Oc2ccccn2)c(Cl)c1)c1ncccc1N. The Morgan fingerprint density at radius 1 is 1.08 bits per heavy atom. The third kappa shape index (κ3) is 3.58. The van der Waals surface area contributed by atoms with Crippen LogP contribution in [0.5, 0.6) is 11.8 Å². The third-order valence-electron chi connectivity index (χ3n) is 2.96. The molecule has 0 aliphatic heterocycles. The van der Waals surface area contributed by atoms with Gasteiger partial charge in [-0.05, 0) is 24.3 Å². The molecule has 7 nitrogen and oxygen atoms in total. The highest BCUT2D eigenvalue weighted by Crippen LogP contribution is 2.29. The smallest absolute Gasteiger partial charge is 0.240 e. The average molecular weight is 341 g/mol. The first kappa shape index (κ1) is 15.7. The minimum Gasteiger partial charge on any atom is -0.419 e. The molecule has 0 unspecified atom stereocenters. The third-order valence-corrected chi connectivity index (χ3v) is 3.23. The largest absolute Gasteiger partial charge is 0.419 e. The highest BCUT2D eigenvalue weighted by molar-refractivity contribution is 6.32. The maximum atomic E-state index is 6.17. The number of aliphatic imine (C=N–C) groups is 1. The number of pyridine rings is 3. The first-order valence-corrected chi connectivity index (χ1v) is 7.31. The van der Waals surface area contributed by atoms with Gasteiger partial charge < -0.3 is 16.2 Å². The van der Waals surface area contributed by atoms with E-state index in [1.165, 1.54) is 6.20 Å². The van der Waals surface area contributed by atoms with Crippen LogP contribution in [0.25, 0.3) is 0 Å². The molecule has 3 rings (SSSR count). The normalized spacial score (nSPS) is 11.3. The van der Waals surface area contributed by atoms with Crippen molar-refractivity contribution in [2.75, 3.05) is 5.73 Å². The van der Waals surface area contributed by atoms with Crippen LogP contribution in [0.4, 0.5) is 11.4 Å². The topological polar surface area (TPSA) is 112 Å². The summed E-state index contributed by atoms with van der Waals surface area (Å²) in [6, 6.07) is 10.3. The standard InChI is InChI=1S/C16H13ClN6O/c17-11-8-10(23-15(19)14-12(18)4-3-7-21-14)9-22-16(11)24-13-5-1-2-6-20-13/h1-9H,18H2,(H2,19,23). The van der Waals surface area contributed by atoms with Gasteiger partial charge in [-0.3, -0.25) is 4.98 Å². The van der Waals surface area contributed by atoms with Crippen LogP contribution in [0.3, 0.4) is 0 Å². The highest BCUT2D eigenvalue weighted by atomic mass is 35.5. The Kier molecular flexibility index (Phi) is 4.53. The lowest BCUT2D eigenvalue weighted by Crippen LogP contribution is -2.16. The van der Waals surface area contributed by atoms with Crippen LogP contribution in [0.15, 0.2) is 60.0 Å². The number of nitrogen functional groups attached to an aromatic ring is 1. The van der Waals surface area contributed by atoms with Gasteiger partial charge in [0, 0.05) is 18.5 Å². The molecule has 3 heterocycles. The fourth-order valence-corrected chi connectivity index (χ4v) is 2.08. The number of aromatic nitrogens is 3. The van der Waals surface area contributed by atoms with Gasteiger partial charge in [0.05, 0.1) is 17.6 Å². The Morgan fingerprint density at radius 3 is 2.62 bits per heavy atom. The lowest BCUT2D eigenvalue weighted by molar-refractivity contribution is 0.445. The Balaban J connectivity index is 1.84. The van der Waals surface area contributed by atoms with E-state index >= 15 is 0 Å². The molecule has 0 spiro atoms. The zero-order chi connectivity index (χ0) is 16.9. The number of hydrogen-bond donors (Lipinski definition) is 2. The molecule has 0 bridgehead atoms. The van der Waals surface area contributed by atoms with Gasteiger partial charge in [0.15, 0.2) is 5.84 Å². The van der Waals surface area contributed by atoms with Crippen molar-refractivity contribution in [2.45, 2.75) is 0 Å². The molecule has 8 heteroatoms. The summed E-state index contributed by atoms with van der Waals surface area (Å²) in [5.74, 6) is 0.790. The van der Waals surface area contributed by atoms with E-state index in [0.29, 0.717) is 22.9 Å². The summed E-state index contributed by atoms with van der Waals surface area (Å²) in [4.78, 5) is 16.5. The first-order chi connectivity index (χ1) is 11.6. The van der Waals surface area contributed by atoms with Gasteiger partial charge in [-0.25, -0.2) is 15.0 Å². The lowest BCUT2D eigenvalue weighted by Gasteiger charge is -2.06. The number of rotatable bonds is 4. The second kappa shape index (κ2) is 6.93. The molecule has 120 valence electrons. The molecule has 0 aliphatic carbocycles. The molecule has 4 N–H and O–H groups in total. The lowest BCUT2D eigenvalue weighted by atomic mass is 10.3. The summed E-state index contributed by atoms with van der Waals surface area (Å²) in [6.07, 6.45) is 4.68. The number of amidine groups is 1. The summed E-state index contributed by atoms with van der Waals surface area (Å²) >= 11 is 6.17. The van der Waals surface area contributed by atoms with Crippen LogP contribution in [0, 0.1) is 0 Å². The summed E-state index contributed by atoms with van der Waals surface area (Å²) in [7, 11) is 0. The Labute approximate surface area is 143 Å². The predicted molar refractivity (Wildman–Crippen MR) is 92.6 cm³/mol. The monoisotopic (exact) mass is 340 g/mol. The van der Waals surface area contributed by atoms with E-state index in [1.54, 1.807) is 48.8 Å². The summed E-state index contributed by atoms with van der Waals surface area (Å²) in [5, 5.41) is 0.281. The van der Waals surface area contributed by atoms with Crippen molar-refractivity contribution in [3.8, 4) is 11.8 Å². The minimum atomic E-state index is 0.171. The van der Waals surface area contributed by atoms with Gasteiger partial charge in [-0.15, -0.1) is 0 Å². The van der Waals surface area contributed by atoms with Gasteiger partial charge in [0.1, 0.15) is 10.7 Å². The molecule has 24 heavy (non-hydrogen) atoms. The van der Waals surface area contributed by atoms with Crippen molar-refractivity contribution in [1.82, 2.24) is 15.0 Å². The van der Waals surface area contributed by atoms with E-state index in [-0.39, 0.29) is 16.7 Å². The summed E-state index contributed by atoms with van der Waals surface area (Å²) in [5.41, 5.74) is 13.1. The quantitative estimate of drug-likeness (QED) is 0.557. The van der Waals surface area contributed by atoms with Crippen molar-refractivity contribution < 1.29 is 4.74 Å². The second-order valence-corrected chi connectivity index (χ2v) is 5.10. The molecule has 0 fully saturated rings. The molecule has 0 amide bonds. The number of ether oxygens (including phenoxy) is 1.